The lowest BCUT2D eigenvalue weighted by Crippen LogP contribution is -2.50. The first-order valence-electron chi connectivity index (χ1n) is 7.66. The van der Waals surface area contributed by atoms with Gasteiger partial charge < -0.3 is 10.6 Å². The fraction of sp³-hybridized carbons (Fsp3) is 0.471. The van der Waals surface area contributed by atoms with Crippen LogP contribution in [0.15, 0.2) is 24.3 Å². The number of fused-ring (bicyclic) bond motifs is 1. The van der Waals surface area contributed by atoms with Crippen LogP contribution in [-0.4, -0.2) is 22.8 Å². The molecule has 6 heteroatoms. The average molecular weight is 333 g/mol. The Morgan fingerprint density at radius 2 is 1.83 bits per heavy atom. The van der Waals surface area contributed by atoms with Crippen molar-refractivity contribution < 1.29 is 9.59 Å². The molecule has 0 radical (unpaired) electrons. The van der Waals surface area contributed by atoms with Crippen molar-refractivity contribution in [2.75, 3.05) is 5.32 Å². The summed E-state index contributed by atoms with van der Waals surface area (Å²) in [7, 11) is 0. The van der Waals surface area contributed by atoms with E-state index >= 15 is 0 Å². The van der Waals surface area contributed by atoms with Gasteiger partial charge in [-0.3, -0.25) is 9.59 Å². The molecule has 0 spiro atoms. The van der Waals surface area contributed by atoms with Crippen LogP contribution in [0.5, 0.6) is 0 Å². The second kappa shape index (κ2) is 6.66. The zero-order valence-corrected chi connectivity index (χ0v) is 15.0. The highest BCUT2D eigenvalue weighted by Crippen LogP contribution is 2.25. The Labute approximate surface area is 140 Å². The van der Waals surface area contributed by atoms with Crippen LogP contribution in [0.25, 0.3) is 10.2 Å². The first-order chi connectivity index (χ1) is 10.7. The second-order valence-corrected chi connectivity index (χ2v) is 7.95. The average Bonchev–Trinajstić information content (AvgIpc) is 2.84. The first kappa shape index (κ1) is 17.4. The van der Waals surface area contributed by atoms with Crippen LogP contribution in [0.1, 0.15) is 34.6 Å². The topological polar surface area (TPSA) is 71.1 Å². The van der Waals surface area contributed by atoms with Crippen LogP contribution in [0.4, 0.5) is 5.13 Å². The van der Waals surface area contributed by atoms with Crippen molar-refractivity contribution >= 4 is 38.5 Å². The molecule has 1 heterocycles. The molecule has 0 aliphatic heterocycles. The number of anilines is 1. The number of carbonyl (C=O) groups excluding carboxylic acids is 2. The molecule has 0 aliphatic carbocycles. The minimum absolute atomic E-state index is 0.0179. The quantitative estimate of drug-likeness (QED) is 0.900. The Morgan fingerprint density at radius 1 is 1.17 bits per heavy atom. The van der Waals surface area contributed by atoms with Gasteiger partial charge in [-0.25, -0.2) is 4.98 Å². The second-order valence-electron chi connectivity index (χ2n) is 6.92. The van der Waals surface area contributed by atoms with Gasteiger partial charge in [-0.1, -0.05) is 58.1 Å². The number of benzene rings is 1. The summed E-state index contributed by atoms with van der Waals surface area (Å²) in [6, 6.07) is 7.13. The molecule has 0 bridgehead atoms. The summed E-state index contributed by atoms with van der Waals surface area (Å²) in [4.78, 5) is 29.1. The summed E-state index contributed by atoms with van der Waals surface area (Å²) < 4.78 is 1.02. The number of hydrogen-bond donors (Lipinski definition) is 2. The first-order valence-corrected chi connectivity index (χ1v) is 8.47. The van der Waals surface area contributed by atoms with E-state index in [1.807, 2.05) is 58.9 Å². The van der Waals surface area contributed by atoms with Gasteiger partial charge in [0.15, 0.2) is 5.13 Å². The van der Waals surface area contributed by atoms with Gasteiger partial charge in [0.25, 0.3) is 0 Å². The highest BCUT2D eigenvalue weighted by atomic mass is 32.1. The Morgan fingerprint density at radius 3 is 2.39 bits per heavy atom. The van der Waals surface area contributed by atoms with Crippen LogP contribution in [0, 0.1) is 11.3 Å². The normalized spacial score (nSPS) is 13.1. The van der Waals surface area contributed by atoms with Gasteiger partial charge in [0.1, 0.15) is 6.04 Å². The molecular formula is C17H23N3O2S. The number of carbonyl (C=O) groups is 2. The molecule has 1 aromatic carbocycles. The third kappa shape index (κ3) is 4.28. The zero-order valence-electron chi connectivity index (χ0n) is 14.1. The number of amides is 2. The van der Waals surface area contributed by atoms with Crippen molar-refractivity contribution in [3.05, 3.63) is 24.3 Å². The third-order valence-electron chi connectivity index (χ3n) is 3.44. The van der Waals surface area contributed by atoms with Crippen molar-refractivity contribution in [3.63, 3.8) is 0 Å². The number of aromatic nitrogens is 1. The highest BCUT2D eigenvalue weighted by Gasteiger charge is 2.29. The van der Waals surface area contributed by atoms with Gasteiger partial charge >= 0.3 is 0 Å². The van der Waals surface area contributed by atoms with Gasteiger partial charge in [0.05, 0.1) is 10.2 Å². The maximum atomic E-state index is 12.5. The molecule has 0 saturated carbocycles. The third-order valence-corrected chi connectivity index (χ3v) is 4.39. The van der Waals surface area contributed by atoms with E-state index in [2.05, 4.69) is 15.6 Å². The summed E-state index contributed by atoms with van der Waals surface area (Å²) in [5.74, 6) is -0.400. The van der Waals surface area contributed by atoms with Gasteiger partial charge in [0.2, 0.25) is 11.8 Å². The number of rotatable bonds is 4. The van der Waals surface area contributed by atoms with Crippen LogP contribution >= 0.6 is 11.3 Å². The van der Waals surface area contributed by atoms with E-state index in [1.54, 1.807) is 0 Å². The minimum Gasteiger partial charge on any atom is -0.344 e. The SMILES string of the molecule is CC(C)[C@H](NC(=O)C(C)(C)C)C(=O)Nc1nc2ccccc2s1. The molecule has 0 unspecified atom stereocenters. The van der Waals surface area contributed by atoms with Crippen molar-refractivity contribution in [1.82, 2.24) is 10.3 Å². The largest absolute Gasteiger partial charge is 0.344 e. The van der Waals surface area contributed by atoms with Gasteiger partial charge in [-0.2, -0.15) is 0 Å². The van der Waals surface area contributed by atoms with Crippen LogP contribution in [0.3, 0.4) is 0 Å². The van der Waals surface area contributed by atoms with Crippen LogP contribution < -0.4 is 10.6 Å². The number of para-hydroxylation sites is 1. The minimum atomic E-state index is -0.589. The van der Waals surface area contributed by atoms with E-state index in [9.17, 15) is 9.59 Å². The molecule has 23 heavy (non-hydrogen) atoms. The van der Waals surface area contributed by atoms with E-state index in [-0.39, 0.29) is 17.7 Å². The molecule has 2 aromatic rings. The number of hydrogen-bond acceptors (Lipinski definition) is 4. The fourth-order valence-corrected chi connectivity index (χ4v) is 2.87. The summed E-state index contributed by atoms with van der Waals surface area (Å²) in [5.41, 5.74) is 0.316. The van der Waals surface area contributed by atoms with Gasteiger partial charge in [-0.05, 0) is 18.1 Å². The predicted molar refractivity (Wildman–Crippen MR) is 94.5 cm³/mol. The lowest BCUT2D eigenvalue weighted by atomic mass is 9.93. The molecule has 1 atom stereocenters. The molecule has 0 saturated heterocycles. The zero-order chi connectivity index (χ0) is 17.2. The molecule has 1 aromatic heterocycles. The number of nitrogens with one attached hydrogen (secondary N) is 2. The molecule has 0 fully saturated rings. The standard InChI is InChI=1S/C17H23N3O2S/c1-10(2)13(19-15(22)17(3,4)5)14(21)20-16-18-11-8-6-7-9-12(11)23-16/h6-10,13H,1-5H3,(H,19,22)(H,18,20,21)/t13-/m0/s1. The van der Waals surface area contributed by atoms with E-state index in [4.69, 9.17) is 0 Å². The van der Waals surface area contributed by atoms with Crippen LogP contribution in [-0.2, 0) is 9.59 Å². The summed E-state index contributed by atoms with van der Waals surface area (Å²) >= 11 is 1.42. The van der Waals surface area contributed by atoms with E-state index < -0.39 is 11.5 Å². The molecular weight excluding hydrogens is 310 g/mol. The highest BCUT2D eigenvalue weighted by molar-refractivity contribution is 7.22. The maximum absolute atomic E-state index is 12.5. The Bertz CT molecular complexity index is 683. The monoisotopic (exact) mass is 333 g/mol. The number of thiazole rings is 1. The lowest BCUT2D eigenvalue weighted by Gasteiger charge is -2.25. The van der Waals surface area contributed by atoms with Crippen molar-refractivity contribution in [2.24, 2.45) is 11.3 Å². The Kier molecular flexibility index (Phi) is 5.04. The molecule has 2 N–H and O–H groups in total. The van der Waals surface area contributed by atoms with Crippen molar-refractivity contribution in [3.8, 4) is 0 Å². The summed E-state index contributed by atoms with van der Waals surface area (Å²) in [6.07, 6.45) is 0. The maximum Gasteiger partial charge on any atom is 0.248 e. The summed E-state index contributed by atoms with van der Waals surface area (Å²) in [6.45, 7) is 9.29. The van der Waals surface area contributed by atoms with Gasteiger partial charge in [0, 0.05) is 5.41 Å². The molecule has 0 aliphatic rings. The van der Waals surface area contributed by atoms with E-state index in [1.165, 1.54) is 11.3 Å². The van der Waals surface area contributed by atoms with Gasteiger partial charge in [-0.15, -0.1) is 0 Å². The fourth-order valence-electron chi connectivity index (χ4n) is 2.00. The molecule has 2 amide bonds. The molecule has 2 rings (SSSR count). The smallest absolute Gasteiger partial charge is 0.248 e. The Balaban J connectivity index is 2.13. The Hall–Kier alpha value is -1.95. The van der Waals surface area contributed by atoms with Crippen LogP contribution in [0.2, 0.25) is 0 Å². The molecule has 124 valence electrons. The van der Waals surface area contributed by atoms with Crippen molar-refractivity contribution in [1.29, 1.82) is 0 Å². The summed E-state index contributed by atoms with van der Waals surface area (Å²) in [5, 5.41) is 6.21. The number of nitrogens with zero attached hydrogens (tertiary/aromatic N) is 1. The molecule has 5 nitrogen and oxygen atoms in total. The van der Waals surface area contributed by atoms with E-state index in [0.29, 0.717) is 5.13 Å². The van der Waals surface area contributed by atoms with E-state index in [0.717, 1.165) is 10.2 Å². The lowest BCUT2D eigenvalue weighted by molar-refractivity contribution is -0.132. The van der Waals surface area contributed by atoms with Crippen molar-refractivity contribution in [2.45, 2.75) is 40.7 Å². The predicted octanol–water partition coefficient (Wildman–Crippen LogP) is 3.42.